The average Bonchev–Trinajstić information content (AvgIpc) is 2.47. The van der Waals surface area contributed by atoms with Gasteiger partial charge in [0.05, 0.1) is 19.1 Å². The Kier molecular flexibility index (Phi) is 5.24. The third kappa shape index (κ3) is 3.93. The number of aromatic hydroxyl groups is 1. The van der Waals surface area contributed by atoms with Crippen LogP contribution in [0.2, 0.25) is 0 Å². The SMILES string of the molecule is NC(=O)[C@@H](N)CCC(=O)N1CC(Oc2cccc(O)c2C(=O)O)C1. The summed E-state index contributed by atoms with van der Waals surface area (Å²) in [4.78, 5) is 35.4. The minimum atomic E-state index is -1.30. The van der Waals surface area contributed by atoms with Crippen molar-refractivity contribution in [1.82, 2.24) is 4.90 Å². The number of ether oxygens (including phenoxy) is 1. The Hall–Kier alpha value is -2.81. The summed E-state index contributed by atoms with van der Waals surface area (Å²) in [5.74, 6) is -2.46. The molecule has 24 heavy (non-hydrogen) atoms. The number of benzene rings is 1. The molecule has 0 aliphatic carbocycles. The summed E-state index contributed by atoms with van der Waals surface area (Å²) in [5, 5.41) is 18.7. The summed E-state index contributed by atoms with van der Waals surface area (Å²) < 4.78 is 5.53. The highest BCUT2D eigenvalue weighted by molar-refractivity contribution is 5.94. The van der Waals surface area contributed by atoms with E-state index in [-0.39, 0.29) is 41.9 Å². The number of carboxylic acids is 1. The zero-order valence-electron chi connectivity index (χ0n) is 12.8. The number of hydrogen-bond donors (Lipinski definition) is 4. The van der Waals surface area contributed by atoms with Crippen LogP contribution >= 0.6 is 0 Å². The number of likely N-dealkylation sites (tertiary alicyclic amines) is 1. The van der Waals surface area contributed by atoms with Gasteiger partial charge in [-0.25, -0.2) is 4.79 Å². The Morgan fingerprint density at radius 3 is 2.58 bits per heavy atom. The molecule has 9 nitrogen and oxygen atoms in total. The van der Waals surface area contributed by atoms with Crippen LogP contribution in [0.3, 0.4) is 0 Å². The van der Waals surface area contributed by atoms with Gasteiger partial charge in [-0.2, -0.15) is 0 Å². The first-order valence-corrected chi connectivity index (χ1v) is 7.34. The van der Waals surface area contributed by atoms with Crippen LogP contribution in [0.25, 0.3) is 0 Å². The lowest BCUT2D eigenvalue weighted by Gasteiger charge is -2.39. The van der Waals surface area contributed by atoms with E-state index >= 15 is 0 Å². The Balaban J connectivity index is 1.85. The van der Waals surface area contributed by atoms with E-state index in [1.165, 1.54) is 23.1 Å². The third-order valence-corrected chi connectivity index (χ3v) is 3.75. The number of phenols is 1. The second-order valence-corrected chi connectivity index (χ2v) is 5.54. The molecule has 6 N–H and O–H groups in total. The number of primary amides is 1. The largest absolute Gasteiger partial charge is 0.507 e. The van der Waals surface area contributed by atoms with Gasteiger partial charge in [0.25, 0.3) is 0 Å². The molecular formula is C15H19N3O6. The van der Waals surface area contributed by atoms with Gasteiger partial charge in [0.1, 0.15) is 23.2 Å². The minimum absolute atomic E-state index is 0.0512. The summed E-state index contributed by atoms with van der Waals surface area (Å²) in [5.41, 5.74) is 10.2. The molecule has 0 unspecified atom stereocenters. The Morgan fingerprint density at radius 2 is 2.00 bits per heavy atom. The third-order valence-electron chi connectivity index (χ3n) is 3.75. The first-order valence-electron chi connectivity index (χ1n) is 7.34. The van der Waals surface area contributed by atoms with Gasteiger partial charge in [-0.15, -0.1) is 0 Å². The average molecular weight is 337 g/mol. The van der Waals surface area contributed by atoms with Crippen molar-refractivity contribution in [2.45, 2.75) is 25.0 Å². The number of carbonyl (C=O) groups is 3. The quantitative estimate of drug-likeness (QED) is 0.511. The highest BCUT2D eigenvalue weighted by atomic mass is 16.5. The van der Waals surface area contributed by atoms with Crippen molar-refractivity contribution in [3.8, 4) is 11.5 Å². The summed E-state index contributed by atoms with van der Waals surface area (Å²) in [7, 11) is 0. The van der Waals surface area contributed by atoms with Crippen LogP contribution in [0.15, 0.2) is 18.2 Å². The molecule has 0 aromatic heterocycles. The molecule has 9 heteroatoms. The predicted molar refractivity (Wildman–Crippen MR) is 82.5 cm³/mol. The number of rotatable bonds is 7. The topological polar surface area (TPSA) is 156 Å². The highest BCUT2D eigenvalue weighted by Gasteiger charge is 2.33. The number of carboxylic acid groups (broad SMARTS) is 1. The molecule has 1 aliphatic rings. The smallest absolute Gasteiger partial charge is 0.343 e. The van der Waals surface area contributed by atoms with Gasteiger partial charge in [-0.3, -0.25) is 9.59 Å². The molecule has 2 rings (SSSR count). The summed E-state index contributed by atoms with van der Waals surface area (Å²) in [6.45, 7) is 0.582. The van der Waals surface area contributed by atoms with Gasteiger partial charge >= 0.3 is 5.97 Å². The fourth-order valence-electron chi connectivity index (χ4n) is 2.31. The molecule has 1 heterocycles. The maximum atomic E-state index is 11.9. The fourth-order valence-corrected chi connectivity index (χ4v) is 2.31. The molecule has 1 atom stereocenters. The van der Waals surface area contributed by atoms with Crippen LogP contribution in [0.5, 0.6) is 11.5 Å². The van der Waals surface area contributed by atoms with Crippen molar-refractivity contribution in [3.05, 3.63) is 23.8 Å². The van der Waals surface area contributed by atoms with Crippen LogP contribution in [-0.4, -0.2) is 58.1 Å². The Labute approximate surface area is 137 Å². The van der Waals surface area contributed by atoms with E-state index in [0.29, 0.717) is 13.1 Å². The van der Waals surface area contributed by atoms with Crippen LogP contribution in [0.1, 0.15) is 23.2 Å². The number of hydrogen-bond acceptors (Lipinski definition) is 6. The van der Waals surface area contributed by atoms with Gasteiger partial charge < -0.3 is 31.3 Å². The van der Waals surface area contributed by atoms with Gasteiger partial charge in [-0.05, 0) is 18.6 Å². The van der Waals surface area contributed by atoms with Gasteiger partial charge in [0, 0.05) is 6.42 Å². The zero-order chi connectivity index (χ0) is 17.9. The Bertz CT molecular complexity index is 657. The molecule has 1 aromatic rings. The van der Waals surface area contributed by atoms with Gasteiger partial charge in [-0.1, -0.05) is 6.07 Å². The molecule has 1 saturated heterocycles. The Morgan fingerprint density at radius 1 is 1.33 bits per heavy atom. The standard InChI is InChI=1S/C15H19N3O6/c16-9(14(17)21)4-5-12(20)18-6-8(7-18)24-11-3-1-2-10(19)13(11)15(22)23/h1-3,8-9,19H,4-7,16H2,(H2,17,21)(H,22,23)/t9-/m0/s1. The predicted octanol–water partition coefficient (Wildman–Crippen LogP) is -0.727. The second-order valence-electron chi connectivity index (χ2n) is 5.54. The number of nitrogens with zero attached hydrogens (tertiary/aromatic N) is 1. The van der Waals surface area contributed by atoms with E-state index in [1.54, 1.807) is 0 Å². The number of nitrogens with two attached hydrogens (primary N) is 2. The lowest BCUT2D eigenvalue weighted by atomic mass is 10.1. The summed E-state index contributed by atoms with van der Waals surface area (Å²) in [6, 6.07) is 3.32. The van der Waals surface area contributed by atoms with E-state index < -0.39 is 17.9 Å². The van der Waals surface area contributed by atoms with Crippen molar-refractivity contribution in [2.75, 3.05) is 13.1 Å². The number of aromatic carboxylic acids is 1. The van der Waals surface area contributed by atoms with E-state index in [1.807, 2.05) is 0 Å². The van der Waals surface area contributed by atoms with Crippen molar-refractivity contribution < 1.29 is 29.3 Å². The normalized spacial score (nSPS) is 15.5. The molecule has 1 aromatic carbocycles. The van der Waals surface area contributed by atoms with Crippen molar-refractivity contribution in [1.29, 1.82) is 0 Å². The van der Waals surface area contributed by atoms with E-state index in [0.717, 1.165) is 0 Å². The van der Waals surface area contributed by atoms with Crippen molar-refractivity contribution >= 4 is 17.8 Å². The molecule has 0 bridgehead atoms. The first-order chi connectivity index (χ1) is 11.3. The van der Waals surface area contributed by atoms with E-state index in [9.17, 15) is 19.5 Å². The van der Waals surface area contributed by atoms with Crippen molar-refractivity contribution in [3.63, 3.8) is 0 Å². The van der Waals surface area contributed by atoms with Crippen LogP contribution in [0.4, 0.5) is 0 Å². The highest BCUT2D eigenvalue weighted by Crippen LogP contribution is 2.29. The molecular weight excluding hydrogens is 318 g/mol. The summed E-state index contributed by atoms with van der Waals surface area (Å²) >= 11 is 0. The van der Waals surface area contributed by atoms with E-state index in [2.05, 4.69) is 0 Å². The van der Waals surface area contributed by atoms with Gasteiger partial charge in [0.15, 0.2) is 0 Å². The lowest BCUT2D eigenvalue weighted by Crippen LogP contribution is -2.56. The minimum Gasteiger partial charge on any atom is -0.507 e. The monoisotopic (exact) mass is 337 g/mol. The number of carbonyl (C=O) groups excluding carboxylic acids is 2. The molecule has 1 aliphatic heterocycles. The van der Waals surface area contributed by atoms with Crippen LogP contribution in [0, 0.1) is 0 Å². The second kappa shape index (κ2) is 7.18. The molecule has 0 saturated carbocycles. The maximum Gasteiger partial charge on any atom is 0.343 e. The zero-order valence-corrected chi connectivity index (χ0v) is 12.8. The van der Waals surface area contributed by atoms with E-state index in [4.69, 9.17) is 21.3 Å². The molecule has 0 radical (unpaired) electrons. The summed E-state index contributed by atoms with van der Waals surface area (Å²) in [6.07, 6.45) is -0.0893. The fraction of sp³-hybridized carbons (Fsp3) is 0.400. The first kappa shape index (κ1) is 17.5. The maximum absolute atomic E-state index is 11.9. The number of amides is 2. The molecule has 1 fully saturated rings. The lowest BCUT2D eigenvalue weighted by molar-refractivity contribution is -0.140. The van der Waals surface area contributed by atoms with Gasteiger partial charge in [0.2, 0.25) is 11.8 Å². The van der Waals surface area contributed by atoms with Crippen molar-refractivity contribution in [2.24, 2.45) is 11.5 Å². The molecule has 0 spiro atoms. The van der Waals surface area contributed by atoms with Crippen LogP contribution in [-0.2, 0) is 9.59 Å². The van der Waals surface area contributed by atoms with Crippen LogP contribution < -0.4 is 16.2 Å². The molecule has 2 amide bonds. The molecule has 130 valence electrons.